The zero-order valence-electron chi connectivity index (χ0n) is 17.7. The molecule has 3 aromatic carbocycles. The molecule has 0 atom stereocenters. The van der Waals surface area contributed by atoms with Crippen molar-refractivity contribution in [1.82, 2.24) is 5.43 Å². The number of amides is 1. The van der Waals surface area contributed by atoms with Crippen molar-refractivity contribution in [3.8, 4) is 17.6 Å². The number of aromatic carboxylic acids is 1. The molecule has 0 aliphatic carbocycles. The molecule has 0 bridgehead atoms. The number of benzene rings is 3. The molecular formula is C24H17FIN3O5. The summed E-state index contributed by atoms with van der Waals surface area (Å²) in [6.07, 6.45) is 1.37. The predicted molar refractivity (Wildman–Crippen MR) is 130 cm³/mol. The monoisotopic (exact) mass is 573 g/mol. The van der Waals surface area contributed by atoms with Gasteiger partial charge in [0.2, 0.25) is 0 Å². The summed E-state index contributed by atoms with van der Waals surface area (Å²) < 4.78 is 25.9. The van der Waals surface area contributed by atoms with Crippen molar-refractivity contribution in [3.05, 3.63) is 91.8 Å². The van der Waals surface area contributed by atoms with Crippen molar-refractivity contribution in [2.24, 2.45) is 5.10 Å². The van der Waals surface area contributed by atoms with Crippen LogP contribution in [0.3, 0.4) is 0 Å². The third kappa shape index (κ3) is 6.08. The minimum Gasteiger partial charge on any atom is -0.493 e. The van der Waals surface area contributed by atoms with Crippen LogP contribution in [0.15, 0.2) is 59.7 Å². The zero-order valence-corrected chi connectivity index (χ0v) is 19.9. The number of nitrogens with one attached hydrogen (secondary N) is 1. The maximum atomic E-state index is 14.0. The van der Waals surface area contributed by atoms with Crippen LogP contribution in [0.4, 0.5) is 4.39 Å². The Hall–Kier alpha value is -3.98. The fourth-order valence-corrected chi connectivity index (χ4v) is 3.68. The molecule has 0 aliphatic rings. The maximum absolute atomic E-state index is 14.0. The number of hydrazone groups is 1. The Morgan fingerprint density at radius 3 is 2.71 bits per heavy atom. The fourth-order valence-electron chi connectivity index (χ4n) is 2.90. The summed E-state index contributed by atoms with van der Waals surface area (Å²) in [6, 6.07) is 15.1. The lowest BCUT2D eigenvalue weighted by molar-refractivity contribution is 0.0696. The van der Waals surface area contributed by atoms with Crippen LogP contribution < -0.4 is 14.9 Å². The van der Waals surface area contributed by atoms with Crippen LogP contribution in [0.5, 0.6) is 11.5 Å². The largest absolute Gasteiger partial charge is 0.493 e. The van der Waals surface area contributed by atoms with Crippen LogP contribution in [0.2, 0.25) is 0 Å². The maximum Gasteiger partial charge on any atom is 0.335 e. The highest BCUT2D eigenvalue weighted by atomic mass is 127. The molecule has 3 rings (SSSR count). The van der Waals surface area contributed by atoms with Crippen LogP contribution in [-0.2, 0) is 6.61 Å². The number of hydrogen-bond donors (Lipinski definition) is 2. The number of nitriles is 1. The van der Waals surface area contributed by atoms with Crippen molar-refractivity contribution < 1.29 is 28.6 Å². The van der Waals surface area contributed by atoms with E-state index in [-0.39, 0.29) is 23.3 Å². The minimum atomic E-state index is -1.02. The molecule has 0 spiro atoms. The van der Waals surface area contributed by atoms with Gasteiger partial charge in [0.25, 0.3) is 5.91 Å². The van der Waals surface area contributed by atoms with E-state index in [2.05, 4.69) is 33.1 Å². The van der Waals surface area contributed by atoms with E-state index < -0.39 is 17.7 Å². The summed E-state index contributed by atoms with van der Waals surface area (Å²) in [6.45, 7) is 0.132. The number of carboxylic acids is 1. The number of hydrogen-bond acceptors (Lipinski definition) is 6. The third-order valence-electron chi connectivity index (χ3n) is 4.53. The molecule has 3 aromatic rings. The van der Waals surface area contributed by atoms with Crippen molar-refractivity contribution in [3.63, 3.8) is 0 Å². The van der Waals surface area contributed by atoms with E-state index in [1.165, 1.54) is 37.6 Å². The molecule has 172 valence electrons. The van der Waals surface area contributed by atoms with Gasteiger partial charge in [-0.2, -0.15) is 10.4 Å². The predicted octanol–water partition coefficient (Wildman–Crippen LogP) is 4.35. The molecule has 0 aliphatic heterocycles. The molecule has 0 heterocycles. The smallest absolute Gasteiger partial charge is 0.335 e. The first-order valence-corrected chi connectivity index (χ1v) is 10.8. The molecule has 8 nitrogen and oxygen atoms in total. The number of nitrogens with zero attached hydrogens (tertiary/aromatic N) is 2. The van der Waals surface area contributed by atoms with Gasteiger partial charge < -0.3 is 14.6 Å². The number of ether oxygens (including phenoxy) is 2. The lowest BCUT2D eigenvalue weighted by Crippen LogP contribution is -2.19. The molecule has 0 radical (unpaired) electrons. The van der Waals surface area contributed by atoms with Gasteiger partial charge in [-0.25, -0.2) is 14.6 Å². The summed E-state index contributed by atoms with van der Waals surface area (Å²) in [5, 5.41) is 21.8. The number of rotatable bonds is 8. The molecule has 0 saturated heterocycles. The molecule has 2 N–H and O–H groups in total. The van der Waals surface area contributed by atoms with E-state index in [4.69, 9.17) is 19.8 Å². The second kappa shape index (κ2) is 11.2. The van der Waals surface area contributed by atoms with E-state index in [0.29, 0.717) is 26.2 Å². The number of carbonyl (C=O) groups excluding carboxylic acids is 1. The van der Waals surface area contributed by atoms with Gasteiger partial charge in [-0.1, -0.05) is 12.1 Å². The van der Waals surface area contributed by atoms with E-state index in [1.807, 2.05) is 0 Å². The number of methoxy groups -OCH3 is 1. The number of carbonyl (C=O) groups is 2. The molecular weight excluding hydrogens is 556 g/mol. The minimum absolute atomic E-state index is 0.108. The Bertz CT molecular complexity index is 1320. The molecule has 0 unspecified atom stereocenters. The molecule has 34 heavy (non-hydrogen) atoms. The Morgan fingerprint density at radius 1 is 1.24 bits per heavy atom. The molecule has 0 fully saturated rings. The van der Waals surface area contributed by atoms with E-state index in [9.17, 15) is 14.0 Å². The highest BCUT2D eigenvalue weighted by Gasteiger charge is 2.14. The molecule has 1 amide bonds. The first-order chi connectivity index (χ1) is 16.3. The van der Waals surface area contributed by atoms with Crippen LogP contribution >= 0.6 is 22.6 Å². The van der Waals surface area contributed by atoms with Crippen molar-refractivity contribution in [1.29, 1.82) is 5.26 Å². The topological polar surface area (TPSA) is 121 Å². The number of halogens is 2. The van der Waals surface area contributed by atoms with Crippen LogP contribution in [0, 0.1) is 20.7 Å². The highest BCUT2D eigenvalue weighted by Crippen LogP contribution is 2.34. The van der Waals surface area contributed by atoms with Crippen molar-refractivity contribution in [2.75, 3.05) is 7.11 Å². The third-order valence-corrected chi connectivity index (χ3v) is 5.33. The van der Waals surface area contributed by atoms with E-state index >= 15 is 0 Å². The van der Waals surface area contributed by atoms with Gasteiger partial charge in [-0.3, -0.25) is 4.79 Å². The van der Waals surface area contributed by atoms with Gasteiger partial charge in [-0.15, -0.1) is 0 Å². The van der Waals surface area contributed by atoms with E-state index in [0.717, 1.165) is 6.07 Å². The fraction of sp³-hybridized carbons (Fsp3) is 0.0833. The standard InChI is InChI=1S/C24H17FIN3O5/c1-33-21-10-16(12-28-29-23(30)18-6-5-14(11-27)8-19(18)25)9-20(26)22(21)34-13-15-3-2-4-17(7-15)24(31)32/h2-10,12H,13H2,1H3,(H,29,30)(H,31,32)/b28-12-. The highest BCUT2D eigenvalue weighted by molar-refractivity contribution is 14.1. The number of carboxylic acid groups (broad SMARTS) is 1. The lowest BCUT2D eigenvalue weighted by Gasteiger charge is -2.14. The van der Waals surface area contributed by atoms with Crippen LogP contribution in [0.25, 0.3) is 0 Å². The summed E-state index contributed by atoms with van der Waals surface area (Å²) >= 11 is 2.06. The van der Waals surface area contributed by atoms with Gasteiger partial charge in [0, 0.05) is 0 Å². The molecule has 10 heteroatoms. The van der Waals surface area contributed by atoms with Gasteiger partial charge >= 0.3 is 5.97 Å². The average Bonchev–Trinajstić information content (AvgIpc) is 2.82. The second-order valence-corrected chi connectivity index (χ2v) is 8.00. The summed E-state index contributed by atoms with van der Waals surface area (Å²) in [5.74, 6) is -1.73. The molecule has 0 saturated carbocycles. The SMILES string of the molecule is COc1cc(/C=N\NC(=O)c2ccc(C#N)cc2F)cc(I)c1OCc1cccc(C(=O)O)c1. The van der Waals surface area contributed by atoms with Crippen molar-refractivity contribution in [2.45, 2.75) is 6.61 Å². The van der Waals surface area contributed by atoms with Crippen LogP contribution in [0.1, 0.15) is 37.4 Å². The normalized spacial score (nSPS) is 10.5. The Balaban J connectivity index is 1.71. The zero-order chi connectivity index (χ0) is 24.7. The lowest BCUT2D eigenvalue weighted by atomic mass is 10.1. The quantitative estimate of drug-likeness (QED) is 0.235. The summed E-state index contributed by atoms with van der Waals surface area (Å²) in [7, 11) is 1.47. The summed E-state index contributed by atoms with van der Waals surface area (Å²) in [4.78, 5) is 23.3. The van der Waals surface area contributed by atoms with Gasteiger partial charge in [0.05, 0.1) is 39.7 Å². The van der Waals surface area contributed by atoms with Crippen molar-refractivity contribution >= 4 is 40.7 Å². The second-order valence-electron chi connectivity index (χ2n) is 6.83. The first-order valence-electron chi connectivity index (χ1n) is 9.68. The first kappa shape index (κ1) is 24.7. The summed E-state index contributed by atoms with van der Waals surface area (Å²) in [5.41, 5.74) is 3.54. The average molecular weight is 573 g/mol. The van der Waals surface area contributed by atoms with Gasteiger partial charge in [0.15, 0.2) is 11.5 Å². The Morgan fingerprint density at radius 2 is 2.03 bits per heavy atom. The van der Waals surface area contributed by atoms with Gasteiger partial charge in [0.1, 0.15) is 12.4 Å². The van der Waals surface area contributed by atoms with Crippen LogP contribution in [-0.4, -0.2) is 30.3 Å². The van der Waals surface area contributed by atoms with E-state index in [1.54, 1.807) is 30.3 Å². The molecule has 0 aromatic heterocycles. The van der Waals surface area contributed by atoms with Gasteiger partial charge in [-0.05, 0) is 76.2 Å². The Kier molecular flexibility index (Phi) is 8.15. The Labute approximate surface area is 207 Å².